The molecule has 1 aliphatic rings. The van der Waals surface area contributed by atoms with Crippen molar-refractivity contribution in [3.8, 4) is 22.8 Å². The summed E-state index contributed by atoms with van der Waals surface area (Å²) in [5, 5.41) is 9.75. The molecule has 2 N–H and O–H groups in total. The van der Waals surface area contributed by atoms with Crippen LogP contribution in [0.15, 0.2) is 24.4 Å². The largest absolute Gasteiger partial charge is 0.486 e. The van der Waals surface area contributed by atoms with Crippen LogP contribution in [0, 0.1) is 0 Å². The van der Waals surface area contributed by atoms with Gasteiger partial charge in [-0.2, -0.15) is 5.10 Å². The molecule has 122 valence electrons. The minimum absolute atomic E-state index is 0.0875. The lowest BCUT2D eigenvalue weighted by molar-refractivity contribution is 0.0906. The fourth-order valence-electron chi connectivity index (χ4n) is 2.47. The highest BCUT2D eigenvalue weighted by atomic mass is 16.6. The van der Waals surface area contributed by atoms with Crippen molar-refractivity contribution < 1.29 is 19.0 Å². The van der Waals surface area contributed by atoms with Crippen LogP contribution in [-0.4, -0.2) is 49.1 Å². The van der Waals surface area contributed by atoms with Crippen LogP contribution in [0.1, 0.15) is 17.3 Å². The number of methoxy groups -OCH3 is 1. The van der Waals surface area contributed by atoms with Gasteiger partial charge in [-0.15, -0.1) is 0 Å². The molecular weight excluding hydrogens is 298 g/mol. The maximum Gasteiger partial charge on any atom is 0.255 e. The van der Waals surface area contributed by atoms with Gasteiger partial charge in [0.2, 0.25) is 0 Å². The van der Waals surface area contributed by atoms with Crippen molar-refractivity contribution in [1.29, 1.82) is 0 Å². The van der Waals surface area contributed by atoms with Gasteiger partial charge in [0.1, 0.15) is 13.2 Å². The molecule has 0 radical (unpaired) electrons. The maximum atomic E-state index is 12.4. The molecule has 1 aromatic heterocycles. The minimum Gasteiger partial charge on any atom is -0.486 e. The highest BCUT2D eigenvalue weighted by Gasteiger charge is 2.19. The number of ether oxygens (including phenoxy) is 3. The Kier molecular flexibility index (Phi) is 4.47. The van der Waals surface area contributed by atoms with Crippen LogP contribution in [0.5, 0.6) is 11.5 Å². The Morgan fingerprint density at radius 1 is 1.39 bits per heavy atom. The van der Waals surface area contributed by atoms with Crippen LogP contribution in [0.4, 0.5) is 0 Å². The lowest BCUT2D eigenvalue weighted by atomic mass is 10.1. The van der Waals surface area contributed by atoms with Crippen molar-refractivity contribution in [2.45, 2.75) is 13.0 Å². The van der Waals surface area contributed by atoms with Gasteiger partial charge < -0.3 is 19.5 Å². The normalized spacial score (nSPS) is 14.3. The van der Waals surface area contributed by atoms with E-state index in [9.17, 15) is 4.79 Å². The number of hydrogen-bond acceptors (Lipinski definition) is 5. The second-order valence-electron chi connectivity index (χ2n) is 5.35. The third kappa shape index (κ3) is 3.29. The van der Waals surface area contributed by atoms with E-state index in [1.54, 1.807) is 7.11 Å². The van der Waals surface area contributed by atoms with Gasteiger partial charge in [0.25, 0.3) is 5.91 Å². The summed E-state index contributed by atoms with van der Waals surface area (Å²) in [6.45, 7) is 3.39. The number of H-pyrrole nitrogens is 1. The molecule has 1 aliphatic heterocycles. The number of rotatable bonds is 5. The molecule has 1 amide bonds. The zero-order valence-electron chi connectivity index (χ0n) is 13.1. The van der Waals surface area contributed by atoms with Gasteiger partial charge in [-0.3, -0.25) is 9.89 Å². The van der Waals surface area contributed by atoms with Crippen LogP contribution >= 0.6 is 0 Å². The molecule has 2 aromatic rings. The van der Waals surface area contributed by atoms with Crippen LogP contribution in [0.3, 0.4) is 0 Å². The van der Waals surface area contributed by atoms with Crippen LogP contribution in [-0.2, 0) is 4.74 Å². The summed E-state index contributed by atoms with van der Waals surface area (Å²) in [6, 6.07) is 5.46. The van der Waals surface area contributed by atoms with Crippen LogP contribution in [0.2, 0.25) is 0 Å². The average Bonchev–Trinajstić information content (AvgIpc) is 3.04. The average molecular weight is 317 g/mol. The summed E-state index contributed by atoms with van der Waals surface area (Å²) in [5.41, 5.74) is 1.94. The molecule has 0 aliphatic carbocycles. The van der Waals surface area contributed by atoms with Gasteiger partial charge in [-0.05, 0) is 25.1 Å². The molecule has 7 heteroatoms. The molecule has 7 nitrogen and oxygen atoms in total. The van der Waals surface area contributed by atoms with Gasteiger partial charge in [-0.25, -0.2) is 0 Å². The first-order valence-electron chi connectivity index (χ1n) is 7.42. The predicted octanol–water partition coefficient (Wildman–Crippen LogP) is 1.61. The summed E-state index contributed by atoms with van der Waals surface area (Å²) in [7, 11) is 1.60. The zero-order chi connectivity index (χ0) is 16.2. The van der Waals surface area contributed by atoms with E-state index < -0.39 is 0 Å². The molecule has 0 spiro atoms. The molecule has 0 fully saturated rings. The van der Waals surface area contributed by atoms with Crippen molar-refractivity contribution in [2.24, 2.45) is 0 Å². The van der Waals surface area contributed by atoms with E-state index in [1.807, 2.05) is 25.1 Å². The van der Waals surface area contributed by atoms with Gasteiger partial charge in [0.15, 0.2) is 11.5 Å². The molecular formula is C16H19N3O4. The van der Waals surface area contributed by atoms with E-state index in [0.717, 1.165) is 5.56 Å². The van der Waals surface area contributed by atoms with E-state index in [4.69, 9.17) is 14.2 Å². The Morgan fingerprint density at radius 2 is 2.17 bits per heavy atom. The Hall–Kier alpha value is -2.54. The predicted molar refractivity (Wildman–Crippen MR) is 83.8 cm³/mol. The third-order valence-electron chi connectivity index (χ3n) is 3.51. The first kappa shape index (κ1) is 15.4. The number of benzene rings is 1. The van der Waals surface area contributed by atoms with Crippen LogP contribution < -0.4 is 14.8 Å². The quantitative estimate of drug-likeness (QED) is 0.875. The number of aromatic nitrogens is 2. The molecule has 0 unspecified atom stereocenters. The van der Waals surface area contributed by atoms with Crippen LogP contribution in [0.25, 0.3) is 11.3 Å². The molecule has 2 heterocycles. The first-order valence-corrected chi connectivity index (χ1v) is 7.42. The standard InChI is InChI=1S/C16H19N3O4/c1-10(9-21-2)18-16(20)12-8-17-19-15(12)11-3-4-13-14(7-11)23-6-5-22-13/h3-4,7-8,10H,5-6,9H2,1-2H3,(H,17,19)(H,18,20)/t10-/m0/s1. The lowest BCUT2D eigenvalue weighted by Crippen LogP contribution is -2.35. The number of carbonyl (C=O) groups is 1. The number of hydrogen-bond donors (Lipinski definition) is 2. The van der Waals surface area contributed by atoms with E-state index >= 15 is 0 Å². The number of carbonyl (C=O) groups excluding carboxylic acids is 1. The molecule has 3 rings (SSSR count). The Bertz CT molecular complexity index is 698. The topological polar surface area (TPSA) is 85.5 Å². The molecule has 1 atom stereocenters. The summed E-state index contributed by atoms with van der Waals surface area (Å²) in [5.74, 6) is 1.18. The molecule has 0 saturated heterocycles. The highest BCUT2D eigenvalue weighted by molar-refractivity contribution is 6.00. The maximum absolute atomic E-state index is 12.4. The van der Waals surface area contributed by atoms with E-state index in [1.165, 1.54) is 6.20 Å². The van der Waals surface area contributed by atoms with Crippen molar-refractivity contribution in [1.82, 2.24) is 15.5 Å². The Labute approximate surface area is 133 Å². The molecule has 1 aromatic carbocycles. The molecule has 23 heavy (non-hydrogen) atoms. The van der Waals surface area contributed by atoms with Crippen molar-refractivity contribution in [2.75, 3.05) is 26.9 Å². The van der Waals surface area contributed by atoms with Gasteiger partial charge >= 0.3 is 0 Å². The Balaban J connectivity index is 1.84. The minimum atomic E-state index is -0.201. The van der Waals surface area contributed by atoms with Crippen molar-refractivity contribution in [3.05, 3.63) is 30.0 Å². The second kappa shape index (κ2) is 6.70. The summed E-state index contributed by atoms with van der Waals surface area (Å²) in [6.07, 6.45) is 1.51. The first-order chi connectivity index (χ1) is 11.2. The Morgan fingerprint density at radius 3 is 2.96 bits per heavy atom. The number of amides is 1. The number of fused-ring (bicyclic) bond motifs is 1. The molecule has 0 bridgehead atoms. The van der Waals surface area contributed by atoms with Gasteiger partial charge in [-0.1, -0.05) is 0 Å². The van der Waals surface area contributed by atoms with Gasteiger partial charge in [0, 0.05) is 18.7 Å². The monoisotopic (exact) mass is 317 g/mol. The van der Waals surface area contributed by atoms with Crippen molar-refractivity contribution in [3.63, 3.8) is 0 Å². The smallest absolute Gasteiger partial charge is 0.255 e. The highest BCUT2D eigenvalue weighted by Crippen LogP contribution is 2.34. The summed E-state index contributed by atoms with van der Waals surface area (Å²) < 4.78 is 16.1. The molecule has 0 saturated carbocycles. The summed E-state index contributed by atoms with van der Waals surface area (Å²) in [4.78, 5) is 12.4. The number of nitrogens with one attached hydrogen (secondary N) is 2. The lowest BCUT2D eigenvalue weighted by Gasteiger charge is -2.19. The third-order valence-corrected chi connectivity index (χ3v) is 3.51. The fourth-order valence-corrected chi connectivity index (χ4v) is 2.47. The number of aromatic amines is 1. The second-order valence-corrected chi connectivity index (χ2v) is 5.35. The van der Waals surface area contributed by atoms with Gasteiger partial charge in [0.05, 0.1) is 24.1 Å². The van der Waals surface area contributed by atoms with Crippen molar-refractivity contribution >= 4 is 5.91 Å². The fraction of sp³-hybridized carbons (Fsp3) is 0.375. The van der Waals surface area contributed by atoms with E-state index in [2.05, 4.69) is 15.5 Å². The summed E-state index contributed by atoms with van der Waals surface area (Å²) >= 11 is 0. The van der Waals surface area contributed by atoms with E-state index in [-0.39, 0.29) is 11.9 Å². The van der Waals surface area contributed by atoms with E-state index in [0.29, 0.717) is 42.6 Å². The SMILES string of the molecule is COC[C@H](C)NC(=O)c1cn[nH]c1-c1ccc2c(c1)OCCO2. The number of nitrogens with zero attached hydrogens (tertiary/aromatic N) is 1. The zero-order valence-corrected chi connectivity index (χ0v) is 13.1.